The van der Waals surface area contributed by atoms with Crippen LogP contribution in [0.1, 0.15) is 38.5 Å². The van der Waals surface area contributed by atoms with E-state index in [0.717, 1.165) is 0 Å². The molecule has 8 atom stereocenters. The summed E-state index contributed by atoms with van der Waals surface area (Å²) in [4.78, 5) is 54.0. The number of hydrogen-bond donors (Lipinski definition) is 2. The number of carbonyl (C=O) groups is 4. The fourth-order valence-corrected chi connectivity index (χ4v) is 8.59. The van der Waals surface area contributed by atoms with E-state index in [1.165, 1.54) is 33.3 Å². The van der Waals surface area contributed by atoms with Crippen molar-refractivity contribution in [2.24, 2.45) is 11.8 Å². The number of amides is 2. The Morgan fingerprint density at radius 3 is 1.47 bits per heavy atom. The topological polar surface area (TPSA) is 115 Å². The maximum absolute atomic E-state index is 14.1. The summed E-state index contributed by atoms with van der Waals surface area (Å²) in [5.74, 6) is -1.81. The monoisotopic (exact) mass is 454 g/mol. The number of rotatable bonds is 2. The van der Waals surface area contributed by atoms with Crippen LogP contribution in [0.25, 0.3) is 0 Å². The van der Waals surface area contributed by atoms with Gasteiger partial charge in [-0.1, -0.05) is 0 Å². The molecule has 0 aromatic rings. The number of fused-ring (bicyclic) bond motifs is 6. The molecule has 0 radical (unpaired) electrons. The van der Waals surface area contributed by atoms with Gasteiger partial charge in [0.1, 0.15) is 11.6 Å². The van der Waals surface area contributed by atoms with Crippen LogP contribution in [0.4, 0.5) is 0 Å². The minimum Gasteiger partial charge on any atom is -0.391 e. The highest BCUT2D eigenvalue weighted by molar-refractivity contribution is 8.01. The highest BCUT2D eigenvalue weighted by Gasteiger charge is 2.75. The minimum atomic E-state index is -1.29. The van der Waals surface area contributed by atoms with Crippen LogP contribution in [0.15, 0.2) is 0 Å². The molecule has 30 heavy (non-hydrogen) atoms. The van der Waals surface area contributed by atoms with Gasteiger partial charge < -0.3 is 20.0 Å². The predicted molar refractivity (Wildman–Crippen MR) is 110 cm³/mol. The Bertz CT molecular complexity index is 785. The Labute approximate surface area is 183 Å². The summed E-state index contributed by atoms with van der Waals surface area (Å²) in [5.41, 5.74) is 0. The number of thioether (sulfide) groups is 2. The van der Waals surface area contributed by atoms with Gasteiger partial charge in [-0.15, -0.1) is 23.5 Å². The molecule has 0 spiro atoms. The fraction of sp³-hybridized carbons (Fsp3) is 0.800. The third-order valence-electron chi connectivity index (χ3n) is 7.96. The lowest BCUT2D eigenvalue weighted by molar-refractivity contribution is -0.171. The van der Waals surface area contributed by atoms with Gasteiger partial charge >= 0.3 is 0 Å². The second-order valence-corrected chi connectivity index (χ2v) is 11.2. The first-order valence-electron chi connectivity index (χ1n) is 10.4. The van der Waals surface area contributed by atoms with E-state index in [1.807, 2.05) is 0 Å². The third kappa shape index (κ3) is 2.28. The molecule has 0 unspecified atom stereocenters. The molecule has 0 aromatic heterocycles. The van der Waals surface area contributed by atoms with E-state index in [-0.39, 0.29) is 61.9 Å². The molecule has 10 heteroatoms. The van der Waals surface area contributed by atoms with Crippen molar-refractivity contribution in [2.45, 2.75) is 72.6 Å². The number of Topliss-reactive ketones (excluding diaryl/α,β-unsaturated/α-hetero) is 2. The smallest absolute Gasteiger partial charge is 0.261 e. The van der Waals surface area contributed by atoms with E-state index >= 15 is 0 Å². The molecule has 3 aliphatic heterocycles. The van der Waals surface area contributed by atoms with E-state index in [1.54, 1.807) is 12.5 Å². The number of aliphatic hydroxyl groups excluding tert-OH is 2. The highest BCUT2D eigenvalue weighted by atomic mass is 32.2. The summed E-state index contributed by atoms with van der Waals surface area (Å²) in [5, 5.41) is 21.5. The number of aliphatic hydroxyl groups is 2. The lowest BCUT2D eigenvalue weighted by atomic mass is 9.80. The maximum atomic E-state index is 14.1. The molecule has 0 aromatic carbocycles. The first kappa shape index (κ1) is 20.8. The fourth-order valence-electron chi connectivity index (χ4n) is 6.55. The van der Waals surface area contributed by atoms with E-state index in [0.29, 0.717) is 0 Å². The van der Waals surface area contributed by atoms with Crippen molar-refractivity contribution in [3.05, 3.63) is 0 Å². The zero-order valence-corrected chi connectivity index (χ0v) is 18.6. The van der Waals surface area contributed by atoms with Gasteiger partial charge in [-0.3, -0.25) is 19.2 Å². The molecule has 5 aliphatic rings. The first-order valence-corrected chi connectivity index (χ1v) is 12.9. The Morgan fingerprint density at radius 2 is 1.13 bits per heavy atom. The number of ketones is 2. The molecule has 2 N–H and O–H groups in total. The normalized spacial score (nSPS) is 47.9. The highest BCUT2D eigenvalue weighted by Crippen LogP contribution is 2.60. The second-order valence-electron chi connectivity index (χ2n) is 9.07. The molecule has 3 saturated heterocycles. The summed E-state index contributed by atoms with van der Waals surface area (Å²) >= 11 is 2.44. The number of hydrogen-bond acceptors (Lipinski definition) is 8. The van der Waals surface area contributed by atoms with Crippen LogP contribution < -0.4 is 0 Å². The molecular weight excluding hydrogens is 428 g/mol. The van der Waals surface area contributed by atoms with Gasteiger partial charge in [-0.05, 0) is 25.4 Å². The first-order chi connectivity index (χ1) is 14.2. The van der Waals surface area contributed by atoms with Gasteiger partial charge in [0.25, 0.3) is 11.8 Å². The van der Waals surface area contributed by atoms with Crippen LogP contribution in [0.5, 0.6) is 0 Å². The molecule has 0 bridgehead atoms. The quantitative estimate of drug-likeness (QED) is 0.599. The predicted octanol–water partition coefficient (Wildman–Crippen LogP) is 0.000400. The van der Waals surface area contributed by atoms with Crippen LogP contribution in [0.3, 0.4) is 0 Å². The van der Waals surface area contributed by atoms with Crippen LogP contribution in [-0.2, 0) is 19.2 Å². The largest absolute Gasteiger partial charge is 0.391 e. The molecular formula is C20H26N2O6S2. The molecule has 5 rings (SSSR count). The van der Waals surface area contributed by atoms with Gasteiger partial charge in [0.2, 0.25) is 0 Å². The van der Waals surface area contributed by atoms with E-state index in [2.05, 4.69) is 0 Å². The maximum Gasteiger partial charge on any atom is 0.261 e. The Balaban J connectivity index is 1.68. The molecule has 2 saturated carbocycles. The van der Waals surface area contributed by atoms with Gasteiger partial charge in [-0.2, -0.15) is 0 Å². The van der Waals surface area contributed by atoms with Crippen molar-refractivity contribution < 1.29 is 29.4 Å². The van der Waals surface area contributed by atoms with Gasteiger partial charge in [-0.25, -0.2) is 0 Å². The zero-order valence-electron chi connectivity index (χ0n) is 16.9. The molecule has 2 amide bonds. The van der Waals surface area contributed by atoms with E-state index in [4.69, 9.17) is 0 Å². The van der Waals surface area contributed by atoms with Crippen molar-refractivity contribution in [3.63, 3.8) is 0 Å². The van der Waals surface area contributed by atoms with E-state index < -0.39 is 45.9 Å². The Morgan fingerprint density at radius 1 is 0.767 bits per heavy atom. The zero-order chi connectivity index (χ0) is 21.6. The molecule has 164 valence electrons. The lowest BCUT2D eigenvalue weighted by Crippen LogP contribution is -2.75. The summed E-state index contributed by atoms with van der Waals surface area (Å²) in [7, 11) is 0. The standard InChI is InChI=1S/C20H26N2O6S2/c1-29-19-7-9-11(23)3-5-13(25)15(9)21(19)18(28)20(30-2)8-10-12(24)4-6-14(26)16(10)22(20)17(19)27/h9-10,13-16,25-26H,3-8H2,1-2H3/t9-,10-,13-,14-,15-,16-,19+,20+/m1/s1. The molecule has 2 aliphatic carbocycles. The molecule has 3 heterocycles. The van der Waals surface area contributed by atoms with E-state index in [9.17, 15) is 29.4 Å². The summed E-state index contributed by atoms with van der Waals surface area (Å²) < 4.78 is 0. The number of piperazine rings is 1. The van der Waals surface area contributed by atoms with Crippen molar-refractivity contribution in [1.29, 1.82) is 0 Å². The van der Waals surface area contributed by atoms with Crippen molar-refractivity contribution in [2.75, 3.05) is 12.5 Å². The van der Waals surface area contributed by atoms with Crippen LogP contribution in [-0.4, -0.2) is 89.9 Å². The van der Waals surface area contributed by atoms with Crippen molar-refractivity contribution >= 4 is 46.9 Å². The average Bonchev–Trinajstić information content (AvgIpc) is 3.29. The third-order valence-corrected chi connectivity index (χ3v) is 10.4. The van der Waals surface area contributed by atoms with Crippen LogP contribution in [0, 0.1) is 11.8 Å². The average molecular weight is 455 g/mol. The minimum absolute atomic E-state index is 0.0159. The van der Waals surface area contributed by atoms with Crippen molar-refractivity contribution in [1.82, 2.24) is 9.80 Å². The van der Waals surface area contributed by atoms with Crippen LogP contribution >= 0.6 is 23.5 Å². The Kier molecular flexibility index (Phi) is 4.64. The van der Waals surface area contributed by atoms with Crippen molar-refractivity contribution in [3.8, 4) is 0 Å². The Hall–Kier alpha value is -1.10. The summed E-state index contributed by atoms with van der Waals surface area (Å²) in [6.45, 7) is 0. The van der Waals surface area contributed by atoms with Gasteiger partial charge in [0, 0.05) is 37.5 Å². The number of nitrogens with zero attached hydrogens (tertiary/aromatic N) is 2. The summed E-state index contributed by atoms with van der Waals surface area (Å²) in [6, 6.07) is -1.44. The van der Waals surface area contributed by atoms with Gasteiger partial charge in [0.15, 0.2) is 9.74 Å². The summed E-state index contributed by atoms with van der Waals surface area (Å²) in [6.07, 6.45) is 3.16. The lowest BCUT2D eigenvalue weighted by Gasteiger charge is -2.54. The number of carbonyl (C=O) groups excluding carboxylic acids is 4. The SMILES string of the molecule is CS[C@]12C[C@@H]3C(=O)CC[C@@H](O)[C@@H]3N1C(=O)[C@@]1(SC)C[C@@H]3C(=O)CC[C@@H](O)[C@@H]3N1C2=O. The second kappa shape index (κ2) is 6.70. The molecule has 5 fully saturated rings. The molecule has 8 nitrogen and oxygen atoms in total. The van der Waals surface area contributed by atoms with Gasteiger partial charge in [0.05, 0.1) is 24.3 Å². The van der Waals surface area contributed by atoms with Crippen LogP contribution in [0.2, 0.25) is 0 Å².